The predicted octanol–water partition coefficient (Wildman–Crippen LogP) is 4.54. The molecule has 1 heterocycles. The number of anilines is 2. The maximum atomic E-state index is 12.6. The topological polar surface area (TPSA) is 98.1 Å². The highest BCUT2D eigenvalue weighted by Crippen LogP contribution is 2.24. The van der Waals surface area contributed by atoms with Gasteiger partial charge >= 0.3 is 0 Å². The van der Waals surface area contributed by atoms with E-state index in [1.165, 1.54) is 18.7 Å². The van der Waals surface area contributed by atoms with Gasteiger partial charge in [-0.1, -0.05) is 54.2 Å². The highest BCUT2D eigenvalue weighted by Gasteiger charge is 2.16. The molecule has 1 aromatic heterocycles. The molecule has 0 bridgehead atoms. The molecule has 0 aliphatic rings. The first-order valence-corrected chi connectivity index (χ1v) is 11.5. The summed E-state index contributed by atoms with van der Waals surface area (Å²) in [5, 5.41) is 14.7. The summed E-state index contributed by atoms with van der Waals surface area (Å²) in [4.78, 5) is 23.8. The van der Waals surface area contributed by atoms with E-state index in [0.29, 0.717) is 22.4 Å². The third-order valence-electron chi connectivity index (χ3n) is 4.62. The summed E-state index contributed by atoms with van der Waals surface area (Å²) >= 11 is 1.28. The van der Waals surface area contributed by atoms with Crippen molar-refractivity contribution in [3.8, 4) is 11.4 Å². The van der Waals surface area contributed by atoms with Gasteiger partial charge in [0.1, 0.15) is 12.4 Å². The maximum absolute atomic E-state index is 12.6. The van der Waals surface area contributed by atoms with Crippen LogP contribution in [0.25, 0.3) is 5.69 Å². The van der Waals surface area contributed by atoms with E-state index in [-0.39, 0.29) is 24.2 Å². The van der Waals surface area contributed by atoms with Crippen molar-refractivity contribution in [1.82, 2.24) is 14.8 Å². The lowest BCUT2D eigenvalue weighted by atomic mass is 10.2. The van der Waals surface area contributed by atoms with Crippen molar-refractivity contribution in [2.45, 2.75) is 18.7 Å². The van der Waals surface area contributed by atoms with Gasteiger partial charge in [0, 0.05) is 24.0 Å². The van der Waals surface area contributed by atoms with Gasteiger partial charge in [-0.3, -0.25) is 14.2 Å². The molecule has 0 unspecified atom stereocenters. The number of hydrogen-bond acceptors (Lipinski definition) is 6. The number of nitrogens with one attached hydrogen (secondary N) is 2. The zero-order chi connectivity index (χ0) is 23.8. The number of aromatic nitrogens is 3. The normalized spacial score (nSPS) is 10.5. The van der Waals surface area contributed by atoms with Gasteiger partial charge in [0.25, 0.3) is 0 Å². The summed E-state index contributed by atoms with van der Waals surface area (Å²) in [6.07, 6.45) is 0. The molecule has 8 nitrogen and oxygen atoms in total. The van der Waals surface area contributed by atoms with Crippen LogP contribution in [0.4, 0.5) is 11.4 Å². The molecule has 2 N–H and O–H groups in total. The minimum atomic E-state index is -0.199. The molecule has 0 fully saturated rings. The van der Waals surface area contributed by atoms with Crippen molar-refractivity contribution < 1.29 is 14.3 Å². The van der Waals surface area contributed by atoms with Crippen molar-refractivity contribution in [2.75, 3.05) is 16.4 Å². The van der Waals surface area contributed by atoms with Crippen molar-refractivity contribution in [3.63, 3.8) is 0 Å². The van der Waals surface area contributed by atoms with Gasteiger partial charge in [-0.15, -0.1) is 10.2 Å². The molecule has 2 amide bonds. The Balaban J connectivity index is 1.45. The molecule has 0 spiro atoms. The molecule has 0 aliphatic carbocycles. The lowest BCUT2D eigenvalue weighted by molar-refractivity contribution is -0.114. The summed E-state index contributed by atoms with van der Waals surface area (Å²) in [5.41, 5.74) is 2.09. The number of amides is 2. The van der Waals surface area contributed by atoms with Crippen molar-refractivity contribution in [1.29, 1.82) is 0 Å². The summed E-state index contributed by atoms with van der Waals surface area (Å²) in [6, 6.07) is 26.2. The standard InChI is InChI=1S/C25H23N5O3S/c1-18(31)26-19-9-8-10-20(15-19)27-24(32)17-34-25-29-28-23(16-33-22-13-6-3-7-14-22)30(25)21-11-4-2-5-12-21/h2-15H,16-17H2,1H3,(H,26,31)(H,27,32). The van der Waals surface area contributed by atoms with Crippen LogP contribution in [0.1, 0.15) is 12.7 Å². The van der Waals surface area contributed by atoms with E-state index in [4.69, 9.17) is 4.74 Å². The van der Waals surface area contributed by atoms with Crippen LogP contribution < -0.4 is 15.4 Å². The quantitative estimate of drug-likeness (QED) is 0.347. The second-order valence-corrected chi connectivity index (χ2v) is 8.21. The second kappa shape index (κ2) is 11.2. The maximum Gasteiger partial charge on any atom is 0.234 e. The van der Waals surface area contributed by atoms with Crippen LogP contribution >= 0.6 is 11.8 Å². The lowest BCUT2D eigenvalue weighted by Crippen LogP contribution is -2.15. The fourth-order valence-corrected chi connectivity index (χ4v) is 3.96. The molecule has 0 saturated carbocycles. The second-order valence-electron chi connectivity index (χ2n) is 7.27. The Morgan fingerprint density at radius 3 is 2.26 bits per heavy atom. The Hall–Kier alpha value is -4.11. The van der Waals surface area contributed by atoms with Gasteiger partial charge < -0.3 is 15.4 Å². The first-order chi connectivity index (χ1) is 16.6. The van der Waals surface area contributed by atoms with Gasteiger partial charge in [-0.2, -0.15) is 0 Å². The number of carbonyl (C=O) groups is 2. The molecule has 0 atom stereocenters. The van der Waals surface area contributed by atoms with Crippen molar-refractivity contribution >= 4 is 35.0 Å². The molecule has 3 aromatic carbocycles. The molecule has 4 aromatic rings. The fraction of sp³-hybridized carbons (Fsp3) is 0.120. The van der Waals surface area contributed by atoms with Gasteiger partial charge in [0.05, 0.1) is 5.75 Å². The van der Waals surface area contributed by atoms with Crippen LogP contribution in [0.2, 0.25) is 0 Å². The number of carbonyl (C=O) groups excluding carboxylic acids is 2. The molecule has 0 aliphatic heterocycles. The van der Waals surface area contributed by atoms with E-state index in [1.807, 2.05) is 65.2 Å². The number of nitrogens with zero attached hydrogens (tertiary/aromatic N) is 3. The van der Waals surface area contributed by atoms with Crippen LogP contribution in [0.3, 0.4) is 0 Å². The van der Waals surface area contributed by atoms with E-state index in [1.54, 1.807) is 24.3 Å². The van der Waals surface area contributed by atoms with Crippen LogP contribution in [0.15, 0.2) is 90.1 Å². The Morgan fingerprint density at radius 2 is 1.56 bits per heavy atom. The third kappa shape index (κ3) is 6.23. The minimum absolute atomic E-state index is 0.134. The summed E-state index contributed by atoms with van der Waals surface area (Å²) in [5.74, 6) is 1.12. The van der Waals surface area contributed by atoms with E-state index < -0.39 is 0 Å². The van der Waals surface area contributed by atoms with Gasteiger partial charge in [-0.05, 0) is 42.5 Å². The SMILES string of the molecule is CC(=O)Nc1cccc(NC(=O)CSc2nnc(COc3ccccc3)n2-c2ccccc2)c1. The number of ether oxygens (including phenoxy) is 1. The largest absolute Gasteiger partial charge is 0.486 e. The first kappa shape index (κ1) is 23.1. The van der Waals surface area contributed by atoms with Crippen LogP contribution in [0.5, 0.6) is 5.75 Å². The third-order valence-corrected chi connectivity index (χ3v) is 5.55. The predicted molar refractivity (Wildman–Crippen MR) is 132 cm³/mol. The number of thioether (sulfide) groups is 1. The number of benzene rings is 3. The summed E-state index contributed by atoms with van der Waals surface area (Å²) in [6.45, 7) is 1.67. The van der Waals surface area contributed by atoms with Gasteiger partial charge in [0.2, 0.25) is 11.8 Å². The van der Waals surface area contributed by atoms with Crippen molar-refractivity contribution in [3.05, 3.63) is 90.8 Å². The summed E-state index contributed by atoms with van der Waals surface area (Å²) in [7, 11) is 0. The number of rotatable bonds is 9. The zero-order valence-corrected chi connectivity index (χ0v) is 19.3. The smallest absolute Gasteiger partial charge is 0.234 e. The Bertz CT molecular complexity index is 1260. The molecule has 34 heavy (non-hydrogen) atoms. The highest BCUT2D eigenvalue weighted by molar-refractivity contribution is 7.99. The lowest BCUT2D eigenvalue weighted by Gasteiger charge is -2.11. The van der Waals surface area contributed by atoms with Gasteiger partial charge in [-0.25, -0.2) is 0 Å². The Morgan fingerprint density at radius 1 is 0.882 bits per heavy atom. The number of para-hydroxylation sites is 2. The summed E-state index contributed by atoms with van der Waals surface area (Å²) < 4.78 is 7.76. The van der Waals surface area contributed by atoms with E-state index in [0.717, 1.165) is 11.4 Å². The van der Waals surface area contributed by atoms with E-state index >= 15 is 0 Å². The minimum Gasteiger partial charge on any atom is -0.486 e. The Labute approximate surface area is 201 Å². The molecule has 172 valence electrons. The zero-order valence-electron chi connectivity index (χ0n) is 18.5. The molecule has 4 rings (SSSR count). The average molecular weight is 474 g/mol. The molecule has 0 radical (unpaired) electrons. The van der Waals surface area contributed by atoms with Gasteiger partial charge in [0.15, 0.2) is 11.0 Å². The average Bonchev–Trinajstić information content (AvgIpc) is 3.25. The highest BCUT2D eigenvalue weighted by atomic mass is 32.2. The molecule has 0 saturated heterocycles. The molecular weight excluding hydrogens is 450 g/mol. The van der Waals surface area contributed by atoms with Crippen LogP contribution in [-0.2, 0) is 16.2 Å². The Kier molecular flexibility index (Phi) is 7.56. The first-order valence-electron chi connectivity index (χ1n) is 10.6. The molecule has 9 heteroatoms. The fourth-order valence-electron chi connectivity index (χ4n) is 3.19. The van der Waals surface area contributed by atoms with Crippen LogP contribution in [-0.4, -0.2) is 32.3 Å². The monoisotopic (exact) mass is 473 g/mol. The number of hydrogen-bond donors (Lipinski definition) is 2. The van der Waals surface area contributed by atoms with Crippen molar-refractivity contribution in [2.24, 2.45) is 0 Å². The van der Waals surface area contributed by atoms with E-state index in [2.05, 4.69) is 20.8 Å². The van der Waals surface area contributed by atoms with E-state index in [9.17, 15) is 9.59 Å². The van der Waals surface area contributed by atoms with Crippen LogP contribution in [0, 0.1) is 0 Å². The molecular formula is C25H23N5O3S.